The van der Waals surface area contributed by atoms with Gasteiger partial charge in [-0.05, 0) is 44.2 Å². The fourth-order valence-electron chi connectivity index (χ4n) is 3.36. The van der Waals surface area contributed by atoms with Crippen LogP contribution in [0.25, 0.3) is 11.0 Å². The molecule has 3 aromatic rings. The Kier molecular flexibility index (Phi) is 6.16. The van der Waals surface area contributed by atoms with E-state index in [-0.39, 0.29) is 29.6 Å². The molecular formula is C23H20ClN3O5. The Morgan fingerprint density at radius 3 is 2.62 bits per heavy atom. The largest absolute Gasteiger partial charge is 0.436 e. The molecule has 0 N–H and O–H groups in total. The van der Waals surface area contributed by atoms with E-state index in [1.807, 2.05) is 0 Å². The van der Waals surface area contributed by atoms with Gasteiger partial charge in [0.05, 0.1) is 6.10 Å². The first kappa shape index (κ1) is 21.9. The summed E-state index contributed by atoms with van der Waals surface area (Å²) >= 11 is 5.98. The van der Waals surface area contributed by atoms with Crippen LogP contribution in [0.1, 0.15) is 42.4 Å². The second kappa shape index (κ2) is 9.02. The van der Waals surface area contributed by atoms with E-state index in [9.17, 15) is 14.4 Å². The van der Waals surface area contributed by atoms with Crippen LogP contribution in [0, 0.1) is 0 Å². The first-order valence-electron chi connectivity index (χ1n) is 10.0. The van der Waals surface area contributed by atoms with Gasteiger partial charge in [0.2, 0.25) is 6.23 Å². The summed E-state index contributed by atoms with van der Waals surface area (Å²) in [7, 11) is 0. The van der Waals surface area contributed by atoms with Crippen LogP contribution < -0.4 is 4.90 Å². The van der Waals surface area contributed by atoms with Crippen LogP contribution in [0.5, 0.6) is 0 Å². The summed E-state index contributed by atoms with van der Waals surface area (Å²) in [6.07, 6.45) is -1.66. The maximum absolute atomic E-state index is 13.2. The third-order valence-corrected chi connectivity index (χ3v) is 5.03. The summed E-state index contributed by atoms with van der Waals surface area (Å²) in [5, 5.41) is 1.01. The molecule has 0 saturated heterocycles. The summed E-state index contributed by atoms with van der Waals surface area (Å²) in [6, 6.07) is 13.6. The van der Waals surface area contributed by atoms with Crippen molar-refractivity contribution in [3.63, 3.8) is 0 Å². The Balaban J connectivity index is 1.63. The number of carbonyl (C=O) groups excluding carboxylic acids is 3. The molecule has 1 aromatic carbocycles. The Labute approximate surface area is 189 Å². The van der Waals surface area contributed by atoms with Crippen molar-refractivity contribution in [3.05, 3.63) is 64.8 Å². The Morgan fingerprint density at radius 2 is 1.84 bits per heavy atom. The highest BCUT2D eigenvalue weighted by Gasteiger charge is 2.41. The third-order valence-electron chi connectivity index (χ3n) is 4.82. The second-order valence-corrected chi connectivity index (χ2v) is 7.92. The number of ether oxygens (including phenoxy) is 2. The van der Waals surface area contributed by atoms with Crippen molar-refractivity contribution < 1.29 is 23.9 Å². The van der Waals surface area contributed by atoms with Crippen LogP contribution >= 0.6 is 11.6 Å². The van der Waals surface area contributed by atoms with Crippen molar-refractivity contribution >= 4 is 46.1 Å². The SMILES string of the molecule is CC(C)OCC(=O)CC(=O)OC1c2ccccc2C(=O)N1c1ccc2ccc(Cl)nc2n1. The van der Waals surface area contributed by atoms with E-state index in [0.717, 1.165) is 5.39 Å². The van der Waals surface area contributed by atoms with E-state index in [1.54, 1.807) is 62.4 Å². The molecule has 0 fully saturated rings. The number of amides is 1. The number of anilines is 1. The highest BCUT2D eigenvalue weighted by molar-refractivity contribution is 6.29. The molecule has 4 rings (SSSR count). The zero-order valence-electron chi connectivity index (χ0n) is 17.4. The maximum atomic E-state index is 13.2. The molecule has 0 spiro atoms. The molecule has 164 valence electrons. The minimum absolute atomic E-state index is 0.133. The average molecular weight is 454 g/mol. The van der Waals surface area contributed by atoms with Crippen molar-refractivity contribution in [2.24, 2.45) is 0 Å². The van der Waals surface area contributed by atoms with Gasteiger partial charge in [-0.3, -0.25) is 19.3 Å². The first-order chi connectivity index (χ1) is 15.3. The normalized spacial score (nSPS) is 15.3. The fourth-order valence-corrected chi connectivity index (χ4v) is 3.50. The van der Waals surface area contributed by atoms with E-state index < -0.39 is 24.4 Å². The summed E-state index contributed by atoms with van der Waals surface area (Å²) in [4.78, 5) is 47.6. The van der Waals surface area contributed by atoms with Gasteiger partial charge in [0.15, 0.2) is 11.4 Å². The average Bonchev–Trinajstić information content (AvgIpc) is 3.03. The molecule has 0 radical (unpaired) electrons. The molecule has 2 aromatic heterocycles. The number of fused-ring (bicyclic) bond motifs is 2. The van der Waals surface area contributed by atoms with Gasteiger partial charge in [0.1, 0.15) is 24.0 Å². The topological polar surface area (TPSA) is 98.7 Å². The predicted molar refractivity (Wildman–Crippen MR) is 117 cm³/mol. The van der Waals surface area contributed by atoms with Crippen molar-refractivity contribution in [2.75, 3.05) is 11.5 Å². The van der Waals surface area contributed by atoms with Gasteiger partial charge in [-0.25, -0.2) is 9.97 Å². The van der Waals surface area contributed by atoms with Gasteiger partial charge in [-0.15, -0.1) is 0 Å². The second-order valence-electron chi connectivity index (χ2n) is 7.53. The predicted octanol–water partition coefficient (Wildman–Crippen LogP) is 3.87. The zero-order valence-corrected chi connectivity index (χ0v) is 18.2. The molecule has 1 amide bonds. The molecule has 8 nitrogen and oxygen atoms in total. The lowest BCUT2D eigenvalue weighted by Crippen LogP contribution is -2.32. The van der Waals surface area contributed by atoms with Gasteiger partial charge < -0.3 is 9.47 Å². The lowest BCUT2D eigenvalue weighted by molar-refractivity contribution is -0.151. The fraction of sp³-hybridized carbons (Fsp3) is 0.261. The number of benzene rings is 1. The van der Waals surface area contributed by atoms with Crippen LogP contribution in [0.4, 0.5) is 5.82 Å². The molecule has 0 aliphatic carbocycles. The summed E-state index contributed by atoms with van der Waals surface area (Å²) in [5.74, 6) is -1.29. The minimum Gasteiger partial charge on any atom is -0.436 e. The smallest absolute Gasteiger partial charge is 0.315 e. The molecule has 1 atom stereocenters. The van der Waals surface area contributed by atoms with Crippen LogP contribution in [0.3, 0.4) is 0 Å². The van der Waals surface area contributed by atoms with Crippen molar-refractivity contribution in [2.45, 2.75) is 32.6 Å². The standard InChI is InChI=1S/C23H20ClN3O5/c1-13(2)31-12-15(28)11-20(29)32-23-17-6-4-3-5-16(17)22(30)27(23)19-10-8-14-7-9-18(24)25-21(14)26-19/h3-10,13,23H,11-12H2,1-2H3. The summed E-state index contributed by atoms with van der Waals surface area (Å²) in [5.41, 5.74) is 1.25. The molecular weight excluding hydrogens is 434 g/mol. The number of nitrogens with zero attached hydrogens (tertiary/aromatic N) is 3. The highest BCUT2D eigenvalue weighted by atomic mass is 35.5. The maximum Gasteiger partial charge on any atom is 0.315 e. The molecule has 32 heavy (non-hydrogen) atoms. The number of esters is 1. The quantitative estimate of drug-likeness (QED) is 0.304. The first-order valence-corrected chi connectivity index (χ1v) is 10.4. The van der Waals surface area contributed by atoms with E-state index in [1.165, 1.54) is 4.90 Å². The summed E-state index contributed by atoms with van der Waals surface area (Å²) < 4.78 is 10.8. The van der Waals surface area contributed by atoms with Gasteiger partial charge in [0, 0.05) is 16.5 Å². The molecule has 1 aliphatic rings. The van der Waals surface area contributed by atoms with Crippen molar-refractivity contribution in [3.8, 4) is 0 Å². The number of halogens is 1. The number of pyridine rings is 2. The summed E-state index contributed by atoms with van der Waals surface area (Å²) in [6.45, 7) is 3.40. The molecule has 0 saturated carbocycles. The number of hydrogen-bond donors (Lipinski definition) is 0. The number of Topliss-reactive ketones (excluding diaryl/α,β-unsaturated/α-hetero) is 1. The van der Waals surface area contributed by atoms with Crippen LogP contribution in [0.2, 0.25) is 5.15 Å². The minimum atomic E-state index is -1.06. The molecule has 1 aliphatic heterocycles. The number of rotatable bonds is 7. The molecule has 3 heterocycles. The highest BCUT2D eigenvalue weighted by Crippen LogP contribution is 2.38. The number of carbonyl (C=O) groups is 3. The van der Waals surface area contributed by atoms with Gasteiger partial charge in [-0.2, -0.15) is 0 Å². The Bertz CT molecular complexity index is 1210. The Morgan fingerprint density at radius 1 is 1.09 bits per heavy atom. The van der Waals surface area contributed by atoms with E-state index in [4.69, 9.17) is 21.1 Å². The number of hydrogen-bond acceptors (Lipinski definition) is 7. The Hall–Kier alpha value is -3.36. The third kappa shape index (κ3) is 4.46. The van der Waals surface area contributed by atoms with Crippen molar-refractivity contribution in [1.29, 1.82) is 0 Å². The zero-order chi connectivity index (χ0) is 22.8. The molecule has 1 unspecified atom stereocenters. The number of aromatic nitrogens is 2. The van der Waals surface area contributed by atoms with E-state index in [2.05, 4.69) is 9.97 Å². The van der Waals surface area contributed by atoms with Gasteiger partial charge in [-0.1, -0.05) is 29.8 Å². The van der Waals surface area contributed by atoms with Crippen LogP contribution in [-0.4, -0.2) is 40.3 Å². The van der Waals surface area contributed by atoms with E-state index >= 15 is 0 Å². The number of ketones is 1. The molecule has 0 bridgehead atoms. The lowest BCUT2D eigenvalue weighted by atomic mass is 10.1. The van der Waals surface area contributed by atoms with Gasteiger partial charge >= 0.3 is 5.97 Å². The van der Waals surface area contributed by atoms with Crippen LogP contribution in [-0.2, 0) is 19.1 Å². The lowest BCUT2D eigenvalue weighted by Gasteiger charge is -2.24. The van der Waals surface area contributed by atoms with Crippen LogP contribution in [0.15, 0.2) is 48.5 Å². The van der Waals surface area contributed by atoms with Crippen molar-refractivity contribution in [1.82, 2.24) is 9.97 Å². The van der Waals surface area contributed by atoms with Gasteiger partial charge in [0.25, 0.3) is 5.91 Å². The molecule has 9 heteroatoms. The monoisotopic (exact) mass is 453 g/mol. The van der Waals surface area contributed by atoms with E-state index in [0.29, 0.717) is 16.8 Å².